The van der Waals surface area contributed by atoms with Crippen LogP contribution in [0.15, 0.2) is 22.7 Å². The molecule has 1 saturated carbocycles. The predicted molar refractivity (Wildman–Crippen MR) is 117 cm³/mol. The number of rotatable bonds is 6. The number of anilines is 2. The quantitative estimate of drug-likeness (QED) is 0.550. The summed E-state index contributed by atoms with van der Waals surface area (Å²) in [5, 5.41) is 0.995. The van der Waals surface area contributed by atoms with Crippen LogP contribution in [0.25, 0.3) is 21.5 Å². The summed E-state index contributed by atoms with van der Waals surface area (Å²) in [7, 11) is -0.402. The Labute approximate surface area is 169 Å². The third kappa shape index (κ3) is 3.43. The molecule has 0 aromatic carbocycles. The molecule has 0 aliphatic heterocycles. The molecule has 3 heterocycles. The van der Waals surface area contributed by atoms with E-state index in [1.165, 1.54) is 23.3 Å². The van der Waals surface area contributed by atoms with Crippen LogP contribution in [-0.2, 0) is 4.74 Å². The van der Waals surface area contributed by atoms with E-state index < -0.39 is 10.3 Å². The predicted octanol–water partition coefficient (Wildman–Crippen LogP) is 4.10. The van der Waals surface area contributed by atoms with E-state index in [9.17, 15) is 4.55 Å². The largest absolute Gasteiger partial charge is 0.397 e. The Kier molecular flexibility index (Phi) is 5.17. The first-order valence-electron chi connectivity index (χ1n) is 9.19. The van der Waals surface area contributed by atoms with Gasteiger partial charge in [0.05, 0.1) is 22.2 Å². The Balaban J connectivity index is 1.88. The number of hydrogen-bond acceptors (Lipinski definition) is 8. The average molecular weight is 420 g/mol. The summed E-state index contributed by atoms with van der Waals surface area (Å²) < 4.78 is 17.1. The fourth-order valence-corrected chi connectivity index (χ4v) is 6.77. The normalized spacial score (nSPS) is 18.0. The second-order valence-electron chi connectivity index (χ2n) is 7.27. The van der Waals surface area contributed by atoms with Crippen LogP contribution in [0, 0.1) is 0 Å². The van der Waals surface area contributed by atoms with Crippen molar-refractivity contribution in [2.24, 2.45) is 0 Å². The molecule has 5 N–H and O–H groups in total. The Morgan fingerprint density at radius 1 is 1.29 bits per heavy atom. The zero-order valence-corrected chi connectivity index (χ0v) is 17.6. The maximum atomic E-state index is 11.1. The summed E-state index contributed by atoms with van der Waals surface area (Å²) in [6.07, 6.45) is 8.77. The monoisotopic (exact) mass is 419 g/mol. The smallest absolute Gasteiger partial charge is 0.219 e. The van der Waals surface area contributed by atoms with Gasteiger partial charge in [0.15, 0.2) is 0 Å². The number of pyridine rings is 1. The highest BCUT2D eigenvalue weighted by Crippen LogP contribution is 2.58. The Bertz CT molecular complexity index is 1000. The van der Waals surface area contributed by atoms with Gasteiger partial charge in [-0.3, -0.25) is 0 Å². The lowest BCUT2D eigenvalue weighted by Crippen LogP contribution is -2.11. The number of hydrogen-bond donors (Lipinski definition) is 3. The average Bonchev–Trinajstić information content (AvgIpc) is 2.97. The molecule has 4 rings (SSSR count). The number of fused-ring (bicyclic) bond motifs is 1. The molecule has 0 bridgehead atoms. The van der Waals surface area contributed by atoms with E-state index in [-0.39, 0.29) is 5.95 Å². The van der Waals surface area contributed by atoms with Crippen LogP contribution >= 0.6 is 21.6 Å². The first kappa shape index (κ1) is 19.4. The van der Waals surface area contributed by atoms with Crippen molar-refractivity contribution in [2.75, 3.05) is 37.2 Å². The van der Waals surface area contributed by atoms with Gasteiger partial charge in [-0.15, -0.1) is 21.6 Å². The van der Waals surface area contributed by atoms with E-state index >= 15 is 0 Å². The first-order valence-corrected chi connectivity index (χ1v) is 12.2. The van der Waals surface area contributed by atoms with Crippen LogP contribution in [0.2, 0.25) is 0 Å². The van der Waals surface area contributed by atoms with Crippen LogP contribution in [0.4, 0.5) is 11.6 Å². The molecule has 9 heteroatoms. The second kappa shape index (κ2) is 7.47. The molecule has 3 aromatic heterocycles. The molecule has 7 nitrogen and oxygen atoms in total. The number of thiophene rings is 1. The molecule has 28 heavy (non-hydrogen) atoms. The number of aromatic nitrogens is 3. The van der Waals surface area contributed by atoms with Gasteiger partial charge in [-0.2, -0.15) is 0 Å². The van der Waals surface area contributed by atoms with E-state index in [4.69, 9.17) is 21.2 Å². The maximum Gasteiger partial charge on any atom is 0.219 e. The highest BCUT2D eigenvalue weighted by atomic mass is 32.3. The molecule has 1 fully saturated rings. The van der Waals surface area contributed by atoms with Crippen molar-refractivity contribution in [1.82, 2.24) is 15.0 Å². The Hall–Kier alpha value is -1.94. The van der Waals surface area contributed by atoms with E-state index in [0.717, 1.165) is 38.5 Å². The third-order valence-corrected chi connectivity index (χ3v) is 9.49. The topological polar surface area (TPSA) is 120 Å². The standard InChI is InChI=1S/C19H25N5O2S2/c1-26-6-7-28(2,25)18-16(20)15-13(11-4-3-5-11)8-14(24-17(15)27-18)12-9-22-19(21)23-10-12/h8-11,25H,3-7,20H2,1-2H3,(H2,21,22,23). The van der Waals surface area contributed by atoms with Crippen molar-refractivity contribution < 1.29 is 9.29 Å². The molecule has 0 saturated heterocycles. The molecule has 150 valence electrons. The molecule has 1 atom stereocenters. The number of methoxy groups -OCH3 is 1. The Morgan fingerprint density at radius 3 is 2.61 bits per heavy atom. The summed E-state index contributed by atoms with van der Waals surface area (Å²) in [6.45, 7) is 0.493. The molecule has 0 spiro atoms. The molecule has 1 unspecified atom stereocenters. The van der Waals surface area contributed by atoms with Crippen molar-refractivity contribution in [3.8, 4) is 11.3 Å². The van der Waals surface area contributed by atoms with Crippen LogP contribution in [0.3, 0.4) is 0 Å². The van der Waals surface area contributed by atoms with Gasteiger partial charge < -0.3 is 20.8 Å². The maximum absolute atomic E-state index is 11.1. The van der Waals surface area contributed by atoms with Gasteiger partial charge >= 0.3 is 0 Å². The van der Waals surface area contributed by atoms with E-state index in [2.05, 4.69) is 16.0 Å². The zero-order valence-electron chi connectivity index (χ0n) is 16.0. The lowest BCUT2D eigenvalue weighted by molar-refractivity contribution is 0.217. The lowest BCUT2D eigenvalue weighted by Gasteiger charge is -2.29. The van der Waals surface area contributed by atoms with Crippen LogP contribution < -0.4 is 11.5 Å². The highest BCUT2D eigenvalue weighted by Gasteiger charge is 2.30. The SMILES string of the molecule is COCCS(C)(O)c1sc2nc(-c3cnc(N)nc3)cc(C3CCC3)c2c1N. The van der Waals surface area contributed by atoms with E-state index in [0.29, 0.717) is 24.0 Å². The molecule has 1 aliphatic rings. The summed E-state index contributed by atoms with van der Waals surface area (Å²) in [4.78, 5) is 13.9. The van der Waals surface area contributed by atoms with E-state index in [1.54, 1.807) is 19.5 Å². The summed E-state index contributed by atoms with van der Waals surface area (Å²) in [5.74, 6) is 1.27. The van der Waals surface area contributed by atoms with Crippen molar-refractivity contribution in [2.45, 2.75) is 29.4 Å². The minimum atomic E-state index is -2.04. The van der Waals surface area contributed by atoms with Crippen LogP contribution in [-0.4, -0.2) is 45.2 Å². The molecule has 0 radical (unpaired) electrons. The number of nitrogens with two attached hydrogens (primary N) is 2. The molecular weight excluding hydrogens is 394 g/mol. The lowest BCUT2D eigenvalue weighted by atomic mass is 9.79. The minimum Gasteiger partial charge on any atom is -0.397 e. The van der Waals surface area contributed by atoms with Gasteiger partial charge in [0.1, 0.15) is 4.83 Å². The number of nitrogen functional groups attached to an aromatic ring is 2. The van der Waals surface area contributed by atoms with Crippen molar-refractivity contribution >= 4 is 43.5 Å². The highest BCUT2D eigenvalue weighted by molar-refractivity contribution is 8.29. The number of nitrogens with zero attached hydrogens (tertiary/aromatic N) is 3. The van der Waals surface area contributed by atoms with Crippen molar-refractivity contribution in [1.29, 1.82) is 0 Å². The minimum absolute atomic E-state index is 0.240. The van der Waals surface area contributed by atoms with Crippen molar-refractivity contribution in [3.63, 3.8) is 0 Å². The fourth-order valence-electron chi connectivity index (χ4n) is 3.45. The summed E-state index contributed by atoms with van der Waals surface area (Å²) >= 11 is 1.49. The zero-order chi connectivity index (χ0) is 19.9. The van der Waals surface area contributed by atoms with Crippen molar-refractivity contribution in [3.05, 3.63) is 24.0 Å². The molecule has 1 aliphatic carbocycles. The summed E-state index contributed by atoms with van der Waals surface area (Å²) in [5.41, 5.74) is 15.7. The van der Waals surface area contributed by atoms with Crippen LogP contribution in [0.5, 0.6) is 0 Å². The third-order valence-electron chi connectivity index (χ3n) is 5.29. The van der Waals surface area contributed by atoms with Gasteiger partial charge in [-0.25, -0.2) is 15.0 Å². The van der Waals surface area contributed by atoms with Gasteiger partial charge in [-0.1, -0.05) is 6.42 Å². The molecule has 0 amide bonds. The van der Waals surface area contributed by atoms with Gasteiger partial charge in [0.2, 0.25) is 5.95 Å². The van der Waals surface area contributed by atoms with Crippen LogP contribution in [0.1, 0.15) is 30.7 Å². The second-order valence-corrected chi connectivity index (χ2v) is 11.4. The van der Waals surface area contributed by atoms with Gasteiger partial charge in [0.25, 0.3) is 0 Å². The van der Waals surface area contributed by atoms with E-state index in [1.807, 2.05) is 6.26 Å². The van der Waals surface area contributed by atoms with Gasteiger partial charge in [0, 0.05) is 36.2 Å². The number of ether oxygens (including phenoxy) is 1. The fraction of sp³-hybridized carbons (Fsp3) is 0.421. The Morgan fingerprint density at radius 2 is 2.00 bits per heavy atom. The molecular formula is C19H25N5O2S2. The first-order chi connectivity index (χ1) is 13.4. The molecule has 3 aromatic rings. The summed E-state index contributed by atoms with van der Waals surface area (Å²) in [6, 6.07) is 2.10. The van der Waals surface area contributed by atoms with Gasteiger partial charge in [-0.05, 0) is 36.6 Å².